The van der Waals surface area contributed by atoms with Gasteiger partial charge in [-0.3, -0.25) is 4.90 Å². The zero-order valence-electron chi connectivity index (χ0n) is 18.4. The minimum absolute atomic E-state index is 0.247. The molecule has 0 unspecified atom stereocenters. The van der Waals surface area contributed by atoms with E-state index in [-0.39, 0.29) is 5.82 Å². The van der Waals surface area contributed by atoms with Crippen LogP contribution in [0.3, 0.4) is 0 Å². The van der Waals surface area contributed by atoms with Gasteiger partial charge in [0.05, 0.1) is 13.2 Å². The first-order valence-electron chi connectivity index (χ1n) is 10.7. The van der Waals surface area contributed by atoms with E-state index in [0.29, 0.717) is 0 Å². The first-order valence-corrected chi connectivity index (χ1v) is 11.7. The molecule has 1 aromatic heterocycles. The maximum absolute atomic E-state index is 13.4. The van der Waals surface area contributed by atoms with Crippen LogP contribution in [0.4, 0.5) is 4.39 Å². The van der Waals surface area contributed by atoms with Gasteiger partial charge < -0.3 is 9.30 Å². The third-order valence-corrected chi connectivity index (χ3v) is 6.74. The standard InChI is InChI=1S/C24H29FN4OS/c1-17-14-18(2)22(19(3)15-17)16-31-24-27-26-23(20-4-6-21(25)7-5-20)29(24)9-8-28-10-12-30-13-11-28/h4-7,14-15H,8-13,16H2,1-3H3. The average Bonchev–Trinajstić information content (AvgIpc) is 3.15. The molecule has 0 amide bonds. The second-order valence-corrected chi connectivity index (χ2v) is 9.03. The van der Waals surface area contributed by atoms with Crippen molar-refractivity contribution in [2.45, 2.75) is 38.2 Å². The molecule has 1 aliphatic rings. The van der Waals surface area contributed by atoms with E-state index in [9.17, 15) is 4.39 Å². The highest BCUT2D eigenvalue weighted by atomic mass is 32.2. The van der Waals surface area contributed by atoms with Crippen molar-refractivity contribution >= 4 is 11.8 Å². The van der Waals surface area contributed by atoms with Gasteiger partial charge in [0.15, 0.2) is 11.0 Å². The van der Waals surface area contributed by atoms with Gasteiger partial charge in [-0.2, -0.15) is 0 Å². The molecule has 2 aromatic carbocycles. The summed E-state index contributed by atoms with van der Waals surface area (Å²) in [5, 5.41) is 9.88. The molecule has 1 fully saturated rings. The van der Waals surface area contributed by atoms with Crippen molar-refractivity contribution in [1.29, 1.82) is 0 Å². The van der Waals surface area contributed by atoms with Crippen molar-refractivity contribution < 1.29 is 9.13 Å². The minimum atomic E-state index is -0.247. The van der Waals surface area contributed by atoms with E-state index in [2.05, 4.69) is 52.6 Å². The second-order valence-electron chi connectivity index (χ2n) is 8.08. The molecule has 164 valence electrons. The van der Waals surface area contributed by atoms with Crippen LogP contribution in [0.15, 0.2) is 41.6 Å². The summed E-state index contributed by atoms with van der Waals surface area (Å²) >= 11 is 1.71. The van der Waals surface area contributed by atoms with Gasteiger partial charge in [0.2, 0.25) is 0 Å². The van der Waals surface area contributed by atoms with E-state index in [1.54, 1.807) is 23.9 Å². The fourth-order valence-corrected chi connectivity index (χ4v) is 5.21. The molecule has 0 N–H and O–H groups in total. The molecule has 1 saturated heterocycles. The normalized spacial score (nSPS) is 14.8. The maximum atomic E-state index is 13.4. The molecule has 4 rings (SSSR count). The number of hydrogen-bond acceptors (Lipinski definition) is 5. The minimum Gasteiger partial charge on any atom is -0.379 e. The lowest BCUT2D eigenvalue weighted by atomic mass is 10.0. The van der Waals surface area contributed by atoms with Gasteiger partial charge >= 0.3 is 0 Å². The number of benzene rings is 2. The molecule has 0 aliphatic carbocycles. The lowest BCUT2D eigenvalue weighted by Crippen LogP contribution is -2.38. The second kappa shape index (κ2) is 9.94. The first kappa shape index (κ1) is 22.0. The van der Waals surface area contributed by atoms with Crippen LogP contribution in [-0.4, -0.2) is 52.5 Å². The Morgan fingerprint density at radius 1 is 0.968 bits per heavy atom. The molecule has 0 spiro atoms. The lowest BCUT2D eigenvalue weighted by Gasteiger charge is -2.27. The van der Waals surface area contributed by atoms with E-state index in [0.717, 1.165) is 61.7 Å². The van der Waals surface area contributed by atoms with E-state index >= 15 is 0 Å². The number of thioether (sulfide) groups is 1. The molecule has 0 radical (unpaired) electrons. The van der Waals surface area contributed by atoms with Crippen molar-refractivity contribution in [2.24, 2.45) is 0 Å². The van der Waals surface area contributed by atoms with Crippen molar-refractivity contribution in [1.82, 2.24) is 19.7 Å². The zero-order chi connectivity index (χ0) is 21.8. The van der Waals surface area contributed by atoms with E-state index in [1.165, 1.54) is 34.4 Å². The van der Waals surface area contributed by atoms with Gasteiger partial charge in [-0.05, 0) is 61.7 Å². The molecule has 3 aromatic rings. The fourth-order valence-electron chi connectivity index (χ4n) is 4.05. The van der Waals surface area contributed by atoms with Crippen LogP contribution in [0.5, 0.6) is 0 Å². The predicted octanol–water partition coefficient (Wildman–Crippen LogP) is 4.63. The predicted molar refractivity (Wildman–Crippen MR) is 123 cm³/mol. The van der Waals surface area contributed by atoms with Crippen molar-refractivity contribution in [2.75, 3.05) is 32.8 Å². The van der Waals surface area contributed by atoms with Crippen LogP contribution in [0.2, 0.25) is 0 Å². The Hall–Kier alpha value is -2.22. The van der Waals surface area contributed by atoms with Crippen molar-refractivity contribution in [3.8, 4) is 11.4 Å². The molecular formula is C24H29FN4OS. The summed E-state index contributed by atoms with van der Waals surface area (Å²) < 4.78 is 21.1. The summed E-state index contributed by atoms with van der Waals surface area (Å²) in [6.45, 7) is 11.6. The third kappa shape index (κ3) is 5.34. The lowest BCUT2D eigenvalue weighted by molar-refractivity contribution is 0.0361. The Morgan fingerprint density at radius 2 is 1.65 bits per heavy atom. The average molecular weight is 441 g/mol. The summed E-state index contributed by atoms with van der Waals surface area (Å²) in [6.07, 6.45) is 0. The number of ether oxygens (including phenoxy) is 1. The molecule has 1 aliphatic heterocycles. The number of aryl methyl sites for hydroxylation is 3. The molecule has 2 heterocycles. The highest BCUT2D eigenvalue weighted by molar-refractivity contribution is 7.98. The number of morpholine rings is 1. The SMILES string of the molecule is Cc1cc(C)c(CSc2nnc(-c3ccc(F)cc3)n2CCN2CCOCC2)c(C)c1. The van der Waals surface area contributed by atoms with Crippen LogP contribution in [-0.2, 0) is 17.0 Å². The van der Waals surface area contributed by atoms with Crippen LogP contribution in [0.25, 0.3) is 11.4 Å². The molecule has 0 bridgehead atoms. The molecule has 7 heteroatoms. The summed E-state index contributed by atoms with van der Waals surface area (Å²) in [7, 11) is 0. The van der Waals surface area contributed by atoms with E-state index < -0.39 is 0 Å². The molecule has 0 atom stereocenters. The number of aromatic nitrogens is 3. The largest absolute Gasteiger partial charge is 0.379 e. The van der Waals surface area contributed by atoms with E-state index in [1.807, 2.05) is 0 Å². The van der Waals surface area contributed by atoms with Crippen LogP contribution in [0.1, 0.15) is 22.3 Å². The van der Waals surface area contributed by atoms with Crippen LogP contribution < -0.4 is 0 Å². The van der Waals surface area contributed by atoms with Gasteiger partial charge in [0.1, 0.15) is 5.82 Å². The van der Waals surface area contributed by atoms with Gasteiger partial charge in [-0.25, -0.2) is 4.39 Å². The van der Waals surface area contributed by atoms with E-state index in [4.69, 9.17) is 4.74 Å². The van der Waals surface area contributed by atoms with Crippen molar-refractivity contribution in [3.63, 3.8) is 0 Å². The molecule has 0 saturated carbocycles. The van der Waals surface area contributed by atoms with Gasteiger partial charge in [0, 0.05) is 37.5 Å². The molecular weight excluding hydrogens is 411 g/mol. The third-order valence-electron chi connectivity index (χ3n) is 5.75. The maximum Gasteiger partial charge on any atom is 0.191 e. The number of rotatable bonds is 7. The zero-order valence-corrected chi connectivity index (χ0v) is 19.2. The Labute approximate surface area is 187 Å². The summed E-state index contributed by atoms with van der Waals surface area (Å²) in [5.41, 5.74) is 6.13. The Bertz CT molecular complexity index is 1010. The topological polar surface area (TPSA) is 43.2 Å². The first-order chi connectivity index (χ1) is 15.0. The summed E-state index contributed by atoms with van der Waals surface area (Å²) in [4.78, 5) is 2.40. The number of nitrogens with zero attached hydrogens (tertiary/aromatic N) is 4. The Morgan fingerprint density at radius 3 is 2.32 bits per heavy atom. The quantitative estimate of drug-likeness (QED) is 0.501. The summed E-state index contributed by atoms with van der Waals surface area (Å²) in [5.74, 6) is 1.38. The van der Waals surface area contributed by atoms with Crippen LogP contribution in [0, 0.1) is 26.6 Å². The molecule has 5 nitrogen and oxygen atoms in total. The van der Waals surface area contributed by atoms with Crippen molar-refractivity contribution in [3.05, 3.63) is 64.5 Å². The van der Waals surface area contributed by atoms with Gasteiger partial charge in [0.25, 0.3) is 0 Å². The fraction of sp³-hybridized carbons (Fsp3) is 0.417. The van der Waals surface area contributed by atoms with Gasteiger partial charge in [-0.1, -0.05) is 29.5 Å². The highest BCUT2D eigenvalue weighted by Gasteiger charge is 2.18. The smallest absolute Gasteiger partial charge is 0.191 e. The number of hydrogen-bond donors (Lipinski definition) is 0. The summed E-state index contributed by atoms with van der Waals surface area (Å²) in [6, 6.07) is 11.0. The molecule has 31 heavy (non-hydrogen) atoms. The van der Waals surface area contributed by atoms with Gasteiger partial charge in [-0.15, -0.1) is 10.2 Å². The van der Waals surface area contributed by atoms with Crippen LogP contribution >= 0.6 is 11.8 Å². The number of halogens is 1. The Kier molecular flexibility index (Phi) is 7.05. The monoisotopic (exact) mass is 440 g/mol. The Balaban J connectivity index is 1.58. The highest BCUT2D eigenvalue weighted by Crippen LogP contribution is 2.29.